The van der Waals surface area contributed by atoms with E-state index in [0.29, 0.717) is 5.92 Å². The lowest BCUT2D eigenvalue weighted by molar-refractivity contribution is 0.293. The molecule has 0 N–H and O–H groups in total. The third-order valence-corrected chi connectivity index (χ3v) is 2.71. The molecule has 0 heterocycles. The van der Waals surface area contributed by atoms with Crippen molar-refractivity contribution < 1.29 is 4.39 Å². The van der Waals surface area contributed by atoms with Gasteiger partial charge in [-0.05, 0) is 25.2 Å². The van der Waals surface area contributed by atoms with Gasteiger partial charge < -0.3 is 0 Å². The SMILES string of the molecule is C=C(F)C12CCC1C2. The van der Waals surface area contributed by atoms with Gasteiger partial charge in [0.15, 0.2) is 0 Å². The molecule has 0 amide bonds. The minimum atomic E-state index is -0.0613. The molecule has 0 aromatic rings. The first-order valence-corrected chi connectivity index (χ1v) is 3.10. The van der Waals surface area contributed by atoms with Crippen LogP contribution in [0.4, 0.5) is 4.39 Å². The maximum atomic E-state index is 12.4. The Morgan fingerprint density at radius 3 is 2.50 bits per heavy atom. The van der Waals surface area contributed by atoms with Crippen LogP contribution >= 0.6 is 0 Å². The van der Waals surface area contributed by atoms with E-state index in [1.807, 2.05) is 0 Å². The molecule has 2 unspecified atom stereocenters. The van der Waals surface area contributed by atoms with E-state index in [-0.39, 0.29) is 11.2 Å². The number of hydrogen-bond donors (Lipinski definition) is 0. The standard InChI is InChI=1S/C7H9F/c1-5(8)7-3-2-6(7)4-7/h6H,1-4H2. The summed E-state index contributed by atoms with van der Waals surface area (Å²) in [5.41, 5.74) is 0.0278. The molecule has 0 spiro atoms. The zero-order valence-corrected chi connectivity index (χ0v) is 4.78. The van der Waals surface area contributed by atoms with E-state index in [0.717, 1.165) is 12.8 Å². The van der Waals surface area contributed by atoms with Gasteiger partial charge in [-0.3, -0.25) is 0 Å². The first-order chi connectivity index (χ1) is 3.76. The van der Waals surface area contributed by atoms with Crippen LogP contribution in [0.15, 0.2) is 12.4 Å². The van der Waals surface area contributed by atoms with Crippen LogP contribution in [0.5, 0.6) is 0 Å². The minimum Gasteiger partial charge on any atom is -0.212 e. The molecular formula is C7H9F. The highest BCUT2D eigenvalue weighted by molar-refractivity contribution is 5.23. The van der Waals surface area contributed by atoms with Crippen LogP contribution in [-0.4, -0.2) is 0 Å². The smallest absolute Gasteiger partial charge is 0.0992 e. The van der Waals surface area contributed by atoms with Crippen LogP contribution in [0.1, 0.15) is 19.3 Å². The van der Waals surface area contributed by atoms with Crippen molar-refractivity contribution >= 4 is 0 Å². The van der Waals surface area contributed by atoms with Crippen molar-refractivity contribution in [3.8, 4) is 0 Å². The predicted octanol–water partition coefficient (Wildman–Crippen LogP) is 2.27. The Labute approximate surface area is 48.4 Å². The highest BCUT2D eigenvalue weighted by Gasteiger charge is 2.63. The third-order valence-electron chi connectivity index (χ3n) is 2.71. The average molecular weight is 112 g/mol. The van der Waals surface area contributed by atoms with Crippen LogP contribution in [-0.2, 0) is 0 Å². The topological polar surface area (TPSA) is 0 Å². The van der Waals surface area contributed by atoms with Crippen LogP contribution < -0.4 is 0 Å². The van der Waals surface area contributed by atoms with Crippen LogP contribution in [0.3, 0.4) is 0 Å². The van der Waals surface area contributed by atoms with Crippen LogP contribution in [0.25, 0.3) is 0 Å². The highest BCUT2D eigenvalue weighted by Crippen LogP contribution is 2.71. The molecule has 0 aromatic heterocycles. The summed E-state index contributed by atoms with van der Waals surface area (Å²) in [7, 11) is 0. The molecule has 0 saturated heterocycles. The van der Waals surface area contributed by atoms with Gasteiger partial charge in [0.25, 0.3) is 0 Å². The largest absolute Gasteiger partial charge is 0.212 e. The summed E-state index contributed by atoms with van der Waals surface area (Å²) >= 11 is 0. The van der Waals surface area contributed by atoms with Crippen molar-refractivity contribution in [3.05, 3.63) is 12.4 Å². The lowest BCUT2D eigenvalue weighted by atomic mass is 9.84. The van der Waals surface area contributed by atoms with Gasteiger partial charge in [-0.25, -0.2) is 4.39 Å². The van der Waals surface area contributed by atoms with E-state index in [1.54, 1.807) is 0 Å². The molecule has 2 rings (SSSR count). The maximum Gasteiger partial charge on any atom is 0.0992 e. The number of halogens is 1. The number of fused-ring (bicyclic) bond motifs is 1. The Morgan fingerprint density at radius 1 is 1.75 bits per heavy atom. The summed E-state index contributed by atoms with van der Waals surface area (Å²) in [4.78, 5) is 0. The fourth-order valence-electron chi connectivity index (χ4n) is 1.75. The molecule has 0 radical (unpaired) electrons. The van der Waals surface area contributed by atoms with Gasteiger partial charge in [0.05, 0.1) is 5.83 Å². The van der Waals surface area contributed by atoms with E-state index in [2.05, 4.69) is 6.58 Å². The van der Waals surface area contributed by atoms with E-state index >= 15 is 0 Å². The average Bonchev–Trinajstić information content (AvgIpc) is 2.10. The van der Waals surface area contributed by atoms with Gasteiger partial charge in [0, 0.05) is 5.41 Å². The molecule has 8 heavy (non-hydrogen) atoms. The van der Waals surface area contributed by atoms with Gasteiger partial charge in [-0.1, -0.05) is 6.58 Å². The molecule has 0 nitrogen and oxygen atoms in total. The monoisotopic (exact) mass is 112 g/mol. The van der Waals surface area contributed by atoms with E-state index in [4.69, 9.17) is 0 Å². The quantitative estimate of drug-likeness (QED) is 0.488. The second kappa shape index (κ2) is 0.996. The van der Waals surface area contributed by atoms with Crippen molar-refractivity contribution in [3.63, 3.8) is 0 Å². The summed E-state index contributed by atoms with van der Waals surface area (Å²) in [6.45, 7) is 3.32. The molecule has 1 heteroatoms. The Morgan fingerprint density at radius 2 is 2.50 bits per heavy atom. The van der Waals surface area contributed by atoms with Gasteiger partial charge in [0.2, 0.25) is 0 Å². The fourth-order valence-corrected chi connectivity index (χ4v) is 1.75. The second-order valence-electron chi connectivity index (χ2n) is 3.00. The third kappa shape index (κ3) is 0.289. The molecule has 44 valence electrons. The molecule has 2 fully saturated rings. The maximum absolute atomic E-state index is 12.4. The molecule has 2 aliphatic rings. The lowest BCUT2D eigenvalue weighted by Gasteiger charge is -2.22. The lowest BCUT2D eigenvalue weighted by Crippen LogP contribution is -2.13. The van der Waals surface area contributed by atoms with Crippen molar-refractivity contribution in [1.29, 1.82) is 0 Å². The second-order valence-corrected chi connectivity index (χ2v) is 3.00. The van der Waals surface area contributed by atoms with Crippen LogP contribution in [0, 0.1) is 11.3 Å². The number of allylic oxidation sites excluding steroid dienone is 1. The molecule has 2 saturated carbocycles. The normalized spacial score (nSPS) is 49.4. The number of hydrogen-bond acceptors (Lipinski definition) is 0. The molecular weight excluding hydrogens is 103 g/mol. The van der Waals surface area contributed by atoms with Gasteiger partial charge >= 0.3 is 0 Å². The first kappa shape index (κ1) is 4.54. The van der Waals surface area contributed by atoms with Crippen molar-refractivity contribution in [2.75, 3.05) is 0 Å². The number of rotatable bonds is 1. The molecule has 2 atom stereocenters. The Hall–Kier alpha value is -0.330. The van der Waals surface area contributed by atoms with Crippen molar-refractivity contribution in [2.24, 2.45) is 11.3 Å². The molecule has 0 aliphatic heterocycles. The van der Waals surface area contributed by atoms with Crippen LogP contribution in [0.2, 0.25) is 0 Å². The van der Waals surface area contributed by atoms with Gasteiger partial charge in [-0.2, -0.15) is 0 Å². The van der Waals surface area contributed by atoms with Gasteiger partial charge in [0.1, 0.15) is 0 Å². The van der Waals surface area contributed by atoms with E-state index in [9.17, 15) is 4.39 Å². The van der Waals surface area contributed by atoms with Gasteiger partial charge in [-0.15, -0.1) is 0 Å². The Kier molecular flexibility index (Phi) is 0.565. The Bertz CT molecular complexity index is 146. The summed E-state index contributed by atoms with van der Waals surface area (Å²) in [5.74, 6) is 0.633. The zero-order valence-electron chi connectivity index (χ0n) is 4.78. The van der Waals surface area contributed by atoms with Crippen molar-refractivity contribution in [2.45, 2.75) is 19.3 Å². The van der Waals surface area contributed by atoms with E-state index in [1.165, 1.54) is 6.42 Å². The summed E-state index contributed by atoms with van der Waals surface area (Å²) < 4.78 is 12.4. The highest BCUT2D eigenvalue weighted by atomic mass is 19.1. The fraction of sp³-hybridized carbons (Fsp3) is 0.714. The molecule has 0 aromatic carbocycles. The molecule has 2 aliphatic carbocycles. The summed E-state index contributed by atoms with van der Waals surface area (Å²) in [6, 6.07) is 0. The van der Waals surface area contributed by atoms with Crippen molar-refractivity contribution in [1.82, 2.24) is 0 Å². The summed E-state index contributed by atoms with van der Waals surface area (Å²) in [5, 5.41) is 0. The minimum absolute atomic E-state index is 0.0278. The summed E-state index contributed by atoms with van der Waals surface area (Å²) in [6.07, 6.45) is 3.39. The first-order valence-electron chi connectivity index (χ1n) is 3.10. The molecule has 0 bridgehead atoms. The van der Waals surface area contributed by atoms with E-state index < -0.39 is 0 Å². The zero-order chi connectivity index (χ0) is 5.78. The predicted molar refractivity (Wildman–Crippen MR) is 30.0 cm³/mol. The Balaban J connectivity index is 2.18.